The van der Waals surface area contributed by atoms with Crippen LogP contribution in [0.4, 0.5) is 5.82 Å². The summed E-state index contributed by atoms with van der Waals surface area (Å²) in [6.07, 6.45) is 0. The summed E-state index contributed by atoms with van der Waals surface area (Å²) in [6.45, 7) is 13.5. The Morgan fingerprint density at radius 2 is 1.95 bits per heavy atom. The predicted molar refractivity (Wildman–Crippen MR) is 89.4 cm³/mol. The first kappa shape index (κ1) is 18.6. The molecule has 0 spiro atoms. The Hall–Kier alpha value is -1.40. The molecule has 0 radical (unpaired) electrons. The monoisotopic (exact) mass is 310 g/mol. The lowest BCUT2D eigenvalue weighted by Crippen LogP contribution is -2.28. The minimum Gasteiger partial charge on any atom is -0.477 e. The highest BCUT2D eigenvalue weighted by atomic mass is 16.5. The van der Waals surface area contributed by atoms with Crippen LogP contribution in [0.25, 0.3) is 0 Å². The van der Waals surface area contributed by atoms with E-state index in [9.17, 15) is 0 Å². The van der Waals surface area contributed by atoms with Gasteiger partial charge in [-0.25, -0.2) is 4.98 Å². The summed E-state index contributed by atoms with van der Waals surface area (Å²) in [5.74, 6) is 2.48. The van der Waals surface area contributed by atoms with Crippen LogP contribution in [-0.4, -0.2) is 54.8 Å². The van der Waals surface area contributed by atoms with Crippen molar-refractivity contribution in [1.29, 1.82) is 0 Å². The van der Waals surface area contributed by atoms with Gasteiger partial charge in [0.2, 0.25) is 5.88 Å². The minimum atomic E-state index is 0.379. The lowest BCUT2D eigenvalue weighted by molar-refractivity contribution is 0.175. The van der Waals surface area contributed by atoms with Crippen molar-refractivity contribution < 1.29 is 9.47 Å². The van der Waals surface area contributed by atoms with Crippen LogP contribution in [0.1, 0.15) is 33.5 Å². The van der Waals surface area contributed by atoms with E-state index in [-0.39, 0.29) is 0 Å². The second-order valence-electron chi connectivity index (χ2n) is 5.60. The Morgan fingerprint density at radius 3 is 2.55 bits per heavy atom. The second kappa shape index (κ2) is 10.3. The summed E-state index contributed by atoms with van der Waals surface area (Å²) in [7, 11) is 1.64. The molecular formula is C16H30N4O2. The maximum absolute atomic E-state index is 5.71. The van der Waals surface area contributed by atoms with Crippen LogP contribution >= 0.6 is 0 Å². The maximum Gasteiger partial charge on any atom is 0.218 e. The molecule has 0 atom stereocenters. The van der Waals surface area contributed by atoms with E-state index in [0.717, 1.165) is 32.0 Å². The summed E-state index contributed by atoms with van der Waals surface area (Å²) < 4.78 is 10.8. The topological polar surface area (TPSA) is 59.5 Å². The number of nitrogens with one attached hydrogen (secondary N) is 1. The zero-order chi connectivity index (χ0) is 16.4. The molecule has 22 heavy (non-hydrogen) atoms. The Labute approximate surface area is 134 Å². The molecule has 1 aromatic rings. The van der Waals surface area contributed by atoms with E-state index < -0.39 is 0 Å². The fourth-order valence-electron chi connectivity index (χ4n) is 1.96. The molecule has 0 aliphatic carbocycles. The molecule has 1 heterocycles. The van der Waals surface area contributed by atoms with Crippen LogP contribution in [-0.2, 0) is 11.3 Å². The molecule has 126 valence electrons. The third kappa shape index (κ3) is 7.04. The van der Waals surface area contributed by atoms with Crippen LogP contribution in [0.5, 0.6) is 5.88 Å². The fourth-order valence-corrected chi connectivity index (χ4v) is 1.96. The van der Waals surface area contributed by atoms with Crippen molar-refractivity contribution in [1.82, 2.24) is 14.9 Å². The summed E-state index contributed by atoms with van der Waals surface area (Å²) in [4.78, 5) is 11.2. The Balaban J connectivity index is 2.66. The molecule has 1 rings (SSSR count). The van der Waals surface area contributed by atoms with E-state index >= 15 is 0 Å². The number of likely N-dealkylation sites (N-methyl/N-ethyl adjacent to an activating group) is 1. The van der Waals surface area contributed by atoms with Crippen LogP contribution in [0.3, 0.4) is 0 Å². The maximum atomic E-state index is 5.71. The molecule has 0 saturated heterocycles. The van der Waals surface area contributed by atoms with Gasteiger partial charge >= 0.3 is 0 Å². The average molecular weight is 310 g/mol. The van der Waals surface area contributed by atoms with Crippen LogP contribution < -0.4 is 10.1 Å². The normalized spacial score (nSPS) is 11.2. The molecule has 0 aliphatic rings. The van der Waals surface area contributed by atoms with Gasteiger partial charge in [0.25, 0.3) is 0 Å². The molecule has 0 fully saturated rings. The molecule has 6 heteroatoms. The SMILES string of the molecule is CCN(CC)CCNc1cc(OCC(C)C)nc(COC)n1. The molecule has 0 aliphatic heterocycles. The molecule has 0 aromatic carbocycles. The summed E-state index contributed by atoms with van der Waals surface area (Å²) in [5.41, 5.74) is 0. The van der Waals surface area contributed by atoms with E-state index in [1.54, 1.807) is 7.11 Å². The van der Waals surface area contributed by atoms with E-state index in [1.165, 1.54) is 0 Å². The third-order valence-electron chi connectivity index (χ3n) is 3.22. The van der Waals surface area contributed by atoms with Gasteiger partial charge in [-0.15, -0.1) is 0 Å². The molecule has 6 nitrogen and oxygen atoms in total. The van der Waals surface area contributed by atoms with Crippen molar-refractivity contribution in [3.63, 3.8) is 0 Å². The highest BCUT2D eigenvalue weighted by molar-refractivity contribution is 5.38. The quantitative estimate of drug-likeness (QED) is 0.677. The first-order valence-electron chi connectivity index (χ1n) is 8.04. The number of methoxy groups -OCH3 is 1. The molecule has 0 unspecified atom stereocenters. The number of hydrogen-bond acceptors (Lipinski definition) is 6. The van der Waals surface area contributed by atoms with Crippen molar-refractivity contribution in [2.24, 2.45) is 5.92 Å². The first-order valence-corrected chi connectivity index (χ1v) is 8.04. The summed E-state index contributed by atoms with van der Waals surface area (Å²) >= 11 is 0. The fraction of sp³-hybridized carbons (Fsp3) is 0.750. The Bertz CT molecular complexity index is 423. The summed E-state index contributed by atoms with van der Waals surface area (Å²) in [5, 5.41) is 3.34. The molecule has 0 bridgehead atoms. The largest absolute Gasteiger partial charge is 0.477 e. The van der Waals surface area contributed by atoms with Gasteiger partial charge in [0.05, 0.1) is 6.61 Å². The number of rotatable bonds is 11. The number of ether oxygens (including phenoxy) is 2. The van der Waals surface area contributed by atoms with Crippen molar-refractivity contribution in [2.75, 3.05) is 45.2 Å². The summed E-state index contributed by atoms with van der Waals surface area (Å²) in [6, 6.07) is 1.85. The minimum absolute atomic E-state index is 0.379. The number of nitrogens with zero attached hydrogens (tertiary/aromatic N) is 3. The van der Waals surface area contributed by atoms with Gasteiger partial charge in [0.15, 0.2) is 5.82 Å². The number of aromatic nitrogens is 2. The van der Waals surface area contributed by atoms with Gasteiger partial charge in [0.1, 0.15) is 12.4 Å². The molecule has 1 N–H and O–H groups in total. The van der Waals surface area contributed by atoms with E-state index in [4.69, 9.17) is 9.47 Å². The second-order valence-corrected chi connectivity index (χ2v) is 5.60. The smallest absolute Gasteiger partial charge is 0.218 e. The van der Waals surface area contributed by atoms with Gasteiger partial charge in [-0.05, 0) is 19.0 Å². The highest BCUT2D eigenvalue weighted by Gasteiger charge is 2.07. The zero-order valence-electron chi connectivity index (χ0n) is 14.6. The van der Waals surface area contributed by atoms with E-state index in [1.807, 2.05) is 6.07 Å². The van der Waals surface area contributed by atoms with Crippen LogP contribution in [0.15, 0.2) is 6.07 Å². The first-order chi connectivity index (χ1) is 10.6. The average Bonchev–Trinajstić information content (AvgIpc) is 2.50. The van der Waals surface area contributed by atoms with Crippen LogP contribution in [0.2, 0.25) is 0 Å². The number of hydrogen-bond donors (Lipinski definition) is 1. The van der Waals surface area contributed by atoms with Gasteiger partial charge in [0, 0.05) is 26.3 Å². The zero-order valence-corrected chi connectivity index (χ0v) is 14.6. The molecule has 0 amide bonds. The number of anilines is 1. The van der Waals surface area contributed by atoms with Crippen molar-refractivity contribution in [3.8, 4) is 5.88 Å². The molecule has 1 aromatic heterocycles. The third-order valence-corrected chi connectivity index (χ3v) is 3.22. The van der Waals surface area contributed by atoms with E-state index in [0.29, 0.717) is 30.8 Å². The lowest BCUT2D eigenvalue weighted by atomic mass is 10.2. The van der Waals surface area contributed by atoms with E-state index in [2.05, 4.69) is 47.9 Å². The van der Waals surface area contributed by atoms with Gasteiger partial charge < -0.3 is 19.7 Å². The van der Waals surface area contributed by atoms with Gasteiger partial charge in [-0.3, -0.25) is 0 Å². The van der Waals surface area contributed by atoms with Gasteiger partial charge in [-0.1, -0.05) is 27.7 Å². The predicted octanol–water partition coefficient (Wildman–Crippen LogP) is 2.41. The lowest BCUT2D eigenvalue weighted by Gasteiger charge is -2.18. The van der Waals surface area contributed by atoms with Crippen molar-refractivity contribution in [3.05, 3.63) is 11.9 Å². The van der Waals surface area contributed by atoms with Crippen LogP contribution in [0, 0.1) is 5.92 Å². The standard InChI is InChI=1S/C16H30N4O2/c1-6-20(7-2)9-8-17-14-10-16(22-11-13(3)4)19-15(18-14)12-21-5/h10,13H,6-9,11-12H2,1-5H3,(H,17,18,19). The highest BCUT2D eigenvalue weighted by Crippen LogP contribution is 2.15. The molecule has 0 saturated carbocycles. The van der Waals surface area contributed by atoms with Crippen molar-refractivity contribution >= 4 is 5.82 Å². The van der Waals surface area contributed by atoms with Crippen molar-refractivity contribution in [2.45, 2.75) is 34.3 Å². The Kier molecular flexibility index (Phi) is 8.77. The molecular weight excluding hydrogens is 280 g/mol. The van der Waals surface area contributed by atoms with Gasteiger partial charge in [-0.2, -0.15) is 4.98 Å². The Morgan fingerprint density at radius 1 is 1.23 bits per heavy atom.